The highest BCUT2D eigenvalue weighted by Crippen LogP contribution is 2.23. The van der Waals surface area contributed by atoms with Crippen LogP contribution in [0, 0.1) is 6.92 Å². The Kier molecular flexibility index (Phi) is 6.43. The van der Waals surface area contributed by atoms with Crippen molar-refractivity contribution in [1.82, 2.24) is 4.90 Å². The molecular formula is C17H25NO3S. The third-order valence-corrected chi connectivity index (χ3v) is 5.31. The fraction of sp³-hybridized carbons (Fsp3) is 0.647. The Bertz CT molecular complexity index is 512. The molecule has 1 aromatic heterocycles. The molecule has 2 rings (SSSR count). The van der Waals surface area contributed by atoms with Crippen LogP contribution in [0.5, 0.6) is 0 Å². The standard InChI is InChI=1S/C17H25NO3S/c1-13-8-10-15(22-13)6-4-7-16(19)18-12-3-2-5-14(18)9-11-17(20)21/h8,10,14H,2-7,9,11-12H2,1H3,(H,20,21). The maximum atomic E-state index is 12.4. The predicted octanol–water partition coefficient (Wildman–Crippen LogP) is 3.63. The van der Waals surface area contributed by atoms with Crippen molar-refractivity contribution in [3.63, 3.8) is 0 Å². The first kappa shape index (κ1) is 17.0. The molecule has 0 bridgehead atoms. The summed E-state index contributed by atoms with van der Waals surface area (Å²) in [6.45, 7) is 2.89. The van der Waals surface area contributed by atoms with E-state index < -0.39 is 5.97 Å². The van der Waals surface area contributed by atoms with Crippen LogP contribution in [0.1, 0.15) is 54.7 Å². The van der Waals surface area contributed by atoms with E-state index in [0.717, 1.165) is 38.6 Å². The molecule has 1 aromatic rings. The summed E-state index contributed by atoms with van der Waals surface area (Å²) in [5.41, 5.74) is 0. The van der Waals surface area contributed by atoms with E-state index in [1.807, 2.05) is 4.90 Å². The molecule has 1 aliphatic rings. The predicted molar refractivity (Wildman–Crippen MR) is 88.2 cm³/mol. The number of hydrogen-bond acceptors (Lipinski definition) is 3. The minimum atomic E-state index is -0.772. The number of piperidine rings is 1. The molecule has 1 atom stereocenters. The van der Waals surface area contributed by atoms with Gasteiger partial charge in [-0.1, -0.05) is 0 Å². The number of amides is 1. The van der Waals surface area contributed by atoms with Gasteiger partial charge < -0.3 is 10.0 Å². The molecule has 0 radical (unpaired) electrons. The number of aryl methyl sites for hydroxylation is 2. The quantitative estimate of drug-likeness (QED) is 0.833. The van der Waals surface area contributed by atoms with Gasteiger partial charge >= 0.3 is 5.97 Å². The zero-order valence-electron chi connectivity index (χ0n) is 13.2. The lowest BCUT2D eigenvalue weighted by Gasteiger charge is -2.35. The topological polar surface area (TPSA) is 57.6 Å². The molecule has 2 heterocycles. The smallest absolute Gasteiger partial charge is 0.303 e. The Balaban J connectivity index is 1.79. The maximum Gasteiger partial charge on any atom is 0.303 e. The summed E-state index contributed by atoms with van der Waals surface area (Å²) in [5, 5.41) is 8.84. The number of thiophene rings is 1. The largest absolute Gasteiger partial charge is 0.481 e. The molecule has 4 nitrogen and oxygen atoms in total. The number of carbonyl (C=O) groups excluding carboxylic acids is 1. The van der Waals surface area contributed by atoms with E-state index in [2.05, 4.69) is 19.1 Å². The molecule has 122 valence electrons. The number of carboxylic acids is 1. The number of likely N-dealkylation sites (tertiary alicyclic amines) is 1. The second-order valence-corrected chi connectivity index (χ2v) is 7.41. The first-order valence-electron chi connectivity index (χ1n) is 8.13. The molecule has 1 unspecified atom stereocenters. The molecule has 1 saturated heterocycles. The SMILES string of the molecule is Cc1ccc(CCCC(=O)N2CCCCC2CCC(=O)O)s1. The van der Waals surface area contributed by atoms with Crippen molar-refractivity contribution < 1.29 is 14.7 Å². The number of aliphatic carboxylic acids is 1. The summed E-state index contributed by atoms with van der Waals surface area (Å²) in [7, 11) is 0. The van der Waals surface area contributed by atoms with Crippen molar-refractivity contribution in [1.29, 1.82) is 0 Å². The van der Waals surface area contributed by atoms with Gasteiger partial charge in [0.1, 0.15) is 0 Å². The van der Waals surface area contributed by atoms with Gasteiger partial charge in [0, 0.05) is 35.2 Å². The Morgan fingerprint density at radius 2 is 2.14 bits per heavy atom. The second kappa shape index (κ2) is 8.32. The normalized spacial score (nSPS) is 18.4. The van der Waals surface area contributed by atoms with Crippen molar-refractivity contribution in [2.24, 2.45) is 0 Å². The number of carbonyl (C=O) groups is 2. The number of hydrogen-bond donors (Lipinski definition) is 1. The van der Waals surface area contributed by atoms with Gasteiger partial charge in [-0.05, 0) is 57.6 Å². The molecule has 1 N–H and O–H groups in total. The van der Waals surface area contributed by atoms with Crippen LogP contribution in [0.3, 0.4) is 0 Å². The third kappa shape index (κ3) is 5.13. The van der Waals surface area contributed by atoms with Crippen molar-refractivity contribution >= 4 is 23.2 Å². The van der Waals surface area contributed by atoms with Crippen LogP contribution in [-0.2, 0) is 16.0 Å². The number of carboxylic acid groups (broad SMARTS) is 1. The summed E-state index contributed by atoms with van der Waals surface area (Å²) >= 11 is 1.80. The summed E-state index contributed by atoms with van der Waals surface area (Å²) in [6.07, 6.45) is 6.23. The monoisotopic (exact) mass is 323 g/mol. The van der Waals surface area contributed by atoms with Crippen LogP contribution >= 0.6 is 11.3 Å². The Morgan fingerprint density at radius 1 is 1.32 bits per heavy atom. The summed E-state index contributed by atoms with van der Waals surface area (Å²) in [4.78, 5) is 27.8. The molecular weight excluding hydrogens is 298 g/mol. The van der Waals surface area contributed by atoms with Crippen LogP contribution in [0.25, 0.3) is 0 Å². The van der Waals surface area contributed by atoms with Gasteiger partial charge in [0.2, 0.25) is 5.91 Å². The lowest BCUT2D eigenvalue weighted by molar-refractivity contribution is -0.140. The number of nitrogens with zero attached hydrogens (tertiary/aromatic N) is 1. The molecule has 1 amide bonds. The zero-order valence-corrected chi connectivity index (χ0v) is 14.0. The fourth-order valence-corrected chi connectivity index (χ4v) is 4.03. The van der Waals surface area contributed by atoms with Crippen molar-refractivity contribution in [2.75, 3.05) is 6.54 Å². The maximum absolute atomic E-state index is 12.4. The minimum absolute atomic E-state index is 0.126. The minimum Gasteiger partial charge on any atom is -0.481 e. The summed E-state index contributed by atoms with van der Waals surface area (Å²) in [6, 6.07) is 4.39. The second-order valence-electron chi connectivity index (χ2n) is 6.04. The van der Waals surface area contributed by atoms with E-state index in [0.29, 0.717) is 12.8 Å². The van der Waals surface area contributed by atoms with Gasteiger partial charge in [0.15, 0.2) is 0 Å². The van der Waals surface area contributed by atoms with Crippen LogP contribution in [-0.4, -0.2) is 34.5 Å². The zero-order chi connectivity index (χ0) is 15.9. The van der Waals surface area contributed by atoms with Gasteiger partial charge in [-0.2, -0.15) is 0 Å². The van der Waals surface area contributed by atoms with Crippen LogP contribution in [0.15, 0.2) is 12.1 Å². The van der Waals surface area contributed by atoms with Crippen LogP contribution in [0.4, 0.5) is 0 Å². The average Bonchev–Trinajstić information content (AvgIpc) is 2.91. The van der Waals surface area contributed by atoms with Crippen LogP contribution < -0.4 is 0 Å². The average molecular weight is 323 g/mol. The highest BCUT2D eigenvalue weighted by atomic mass is 32.1. The molecule has 0 spiro atoms. The van der Waals surface area contributed by atoms with Gasteiger partial charge in [-0.25, -0.2) is 0 Å². The molecule has 0 saturated carbocycles. The third-order valence-electron chi connectivity index (χ3n) is 4.25. The lowest BCUT2D eigenvalue weighted by Crippen LogP contribution is -2.43. The molecule has 1 aliphatic heterocycles. The first-order valence-corrected chi connectivity index (χ1v) is 8.94. The van der Waals surface area contributed by atoms with Crippen LogP contribution in [0.2, 0.25) is 0 Å². The van der Waals surface area contributed by atoms with Gasteiger partial charge in [-0.3, -0.25) is 9.59 Å². The Hall–Kier alpha value is -1.36. The molecule has 0 aromatic carbocycles. The van der Waals surface area contributed by atoms with Gasteiger partial charge in [-0.15, -0.1) is 11.3 Å². The fourth-order valence-electron chi connectivity index (χ4n) is 3.10. The Labute approximate surface area is 136 Å². The first-order chi connectivity index (χ1) is 10.6. The molecule has 22 heavy (non-hydrogen) atoms. The van der Waals surface area contributed by atoms with E-state index >= 15 is 0 Å². The van der Waals surface area contributed by atoms with Gasteiger partial charge in [0.05, 0.1) is 0 Å². The van der Waals surface area contributed by atoms with E-state index in [-0.39, 0.29) is 18.4 Å². The van der Waals surface area contributed by atoms with Crippen molar-refractivity contribution in [2.45, 2.75) is 64.3 Å². The lowest BCUT2D eigenvalue weighted by atomic mass is 9.97. The van der Waals surface area contributed by atoms with Gasteiger partial charge in [0.25, 0.3) is 0 Å². The van der Waals surface area contributed by atoms with E-state index in [4.69, 9.17) is 5.11 Å². The highest BCUT2D eigenvalue weighted by Gasteiger charge is 2.26. The summed E-state index contributed by atoms with van der Waals surface area (Å²) in [5.74, 6) is -0.575. The Morgan fingerprint density at radius 3 is 2.82 bits per heavy atom. The summed E-state index contributed by atoms with van der Waals surface area (Å²) < 4.78 is 0. The molecule has 5 heteroatoms. The van der Waals surface area contributed by atoms with E-state index in [1.165, 1.54) is 9.75 Å². The van der Waals surface area contributed by atoms with E-state index in [1.54, 1.807) is 11.3 Å². The van der Waals surface area contributed by atoms with Crippen molar-refractivity contribution in [3.05, 3.63) is 21.9 Å². The number of rotatable bonds is 7. The van der Waals surface area contributed by atoms with Crippen molar-refractivity contribution in [3.8, 4) is 0 Å². The molecule has 1 fully saturated rings. The highest BCUT2D eigenvalue weighted by molar-refractivity contribution is 7.11. The van der Waals surface area contributed by atoms with E-state index in [9.17, 15) is 9.59 Å². The molecule has 0 aliphatic carbocycles.